The van der Waals surface area contributed by atoms with E-state index in [1.807, 2.05) is 0 Å². The Kier molecular flexibility index (Phi) is 15.5. The molecule has 0 heterocycles. The zero-order valence-corrected chi connectivity index (χ0v) is 14.2. The standard InChI is InChI=1S/C17H34N2O3/c1-2-3-4-5-6-7-8-9-10-12-16(20)19-14-11-13-18-15-17(21)22/h18H,2-15H2,1H3,(H,19,20)(H,21,22). The fourth-order valence-corrected chi connectivity index (χ4v) is 2.32. The monoisotopic (exact) mass is 314 g/mol. The summed E-state index contributed by atoms with van der Waals surface area (Å²) in [5, 5.41) is 14.1. The Morgan fingerprint density at radius 2 is 1.41 bits per heavy atom. The highest BCUT2D eigenvalue weighted by Gasteiger charge is 2.01. The van der Waals surface area contributed by atoms with Crippen molar-refractivity contribution in [1.82, 2.24) is 10.6 Å². The molecule has 0 fully saturated rings. The maximum absolute atomic E-state index is 11.6. The summed E-state index contributed by atoms with van der Waals surface area (Å²) in [6, 6.07) is 0. The number of rotatable bonds is 16. The first-order valence-corrected chi connectivity index (χ1v) is 8.86. The Balaban J connectivity index is 3.17. The molecule has 0 bridgehead atoms. The number of aliphatic carboxylic acids is 1. The molecule has 0 unspecified atom stereocenters. The molecule has 0 aliphatic rings. The summed E-state index contributed by atoms with van der Waals surface area (Å²) in [6.45, 7) is 3.44. The van der Waals surface area contributed by atoms with Gasteiger partial charge in [-0.3, -0.25) is 9.59 Å². The Hall–Kier alpha value is -1.10. The first-order valence-electron chi connectivity index (χ1n) is 8.86. The third-order valence-electron chi connectivity index (χ3n) is 3.64. The number of carbonyl (C=O) groups is 2. The minimum Gasteiger partial charge on any atom is -0.480 e. The fraction of sp³-hybridized carbons (Fsp3) is 0.882. The summed E-state index contributed by atoms with van der Waals surface area (Å²) in [7, 11) is 0. The van der Waals surface area contributed by atoms with Crippen LogP contribution in [0, 0.1) is 0 Å². The lowest BCUT2D eigenvalue weighted by molar-refractivity contribution is -0.136. The van der Waals surface area contributed by atoms with Crippen LogP contribution in [0.1, 0.15) is 77.6 Å². The number of hydrogen-bond donors (Lipinski definition) is 3. The second-order valence-corrected chi connectivity index (χ2v) is 5.85. The topological polar surface area (TPSA) is 78.4 Å². The summed E-state index contributed by atoms with van der Waals surface area (Å²) in [5.74, 6) is -0.740. The molecular weight excluding hydrogens is 280 g/mol. The van der Waals surface area contributed by atoms with Gasteiger partial charge in [-0.25, -0.2) is 0 Å². The highest BCUT2D eigenvalue weighted by atomic mass is 16.4. The molecule has 0 aromatic rings. The Labute approximate surface area is 135 Å². The number of hydrogen-bond acceptors (Lipinski definition) is 3. The van der Waals surface area contributed by atoms with Crippen molar-refractivity contribution in [3.8, 4) is 0 Å². The molecule has 0 rings (SSSR count). The van der Waals surface area contributed by atoms with Crippen LogP contribution in [-0.4, -0.2) is 36.6 Å². The third kappa shape index (κ3) is 17.0. The van der Waals surface area contributed by atoms with Gasteiger partial charge in [-0.2, -0.15) is 0 Å². The van der Waals surface area contributed by atoms with Gasteiger partial charge < -0.3 is 15.7 Å². The molecule has 0 atom stereocenters. The van der Waals surface area contributed by atoms with Gasteiger partial charge in [-0.1, -0.05) is 58.3 Å². The lowest BCUT2D eigenvalue weighted by Gasteiger charge is -2.06. The zero-order valence-electron chi connectivity index (χ0n) is 14.2. The van der Waals surface area contributed by atoms with Gasteiger partial charge in [0, 0.05) is 13.0 Å². The van der Waals surface area contributed by atoms with E-state index in [1.165, 1.54) is 44.9 Å². The van der Waals surface area contributed by atoms with Gasteiger partial charge in [-0.05, 0) is 19.4 Å². The van der Waals surface area contributed by atoms with E-state index in [9.17, 15) is 9.59 Å². The number of amides is 1. The van der Waals surface area contributed by atoms with Crippen molar-refractivity contribution in [3.63, 3.8) is 0 Å². The van der Waals surface area contributed by atoms with Crippen molar-refractivity contribution < 1.29 is 14.7 Å². The molecule has 0 aromatic carbocycles. The fourth-order valence-electron chi connectivity index (χ4n) is 2.32. The van der Waals surface area contributed by atoms with Gasteiger partial charge in [0.05, 0.1) is 6.54 Å². The highest BCUT2D eigenvalue weighted by Crippen LogP contribution is 2.10. The normalized spacial score (nSPS) is 10.6. The van der Waals surface area contributed by atoms with E-state index >= 15 is 0 Å². The lowest BCUT2D eigenvalue weighted by atomic mass is 10.1. The van der Waals surface area contributed by atoms with E-state index in [-0.39, 0.29) is 12.5 Å². The molecule has 0 radical (unpaired) electrons. The van der Waals surface area contributed by atoms with Crippen LogP contribution in [0.25, 0.3) is 0 Å². The molecule has 1 amide bonds. The molecule has 22 heavy (non-hydrogen) atoms. The molecule has 3 N–H and O–H groups in total. The summed E-state index contributed by atoms with van der Waals surface area (Å²) < 4.78 is 0. The lowest BCUT2D eigenvalue weighted by Crippen LogP contribution is -2.29. The number of carbonyl (C=O) groups excluding carboxylic acids is 1. The van der Waals surface area contributed by atoms with E-state index in [0.717, 1.165) is 19.3 Å². The minimum atomic E-state index is -0.852. The molecule has 0 saturated carbocycles. The van der Waals surface area contributed by atoms with Gasteiger partial charge in [0.2, 0.25) is 5.91 Å². The van der Waals surface area contributed by atoms with Crippen molar-refractivity contribution in [1.29, 1.82) is 0 Å². The van der Waals surface area contributed by atoms with Crippen molar-refractivity contribution in [2.75, 3.05) is 19.6 Å². The molecule has 0 saturated heterocycles. The van der Waals surface area contributed by atoms with E-state index in [0.29, 0.717) is 19.5 Å². The number of nitrogens with one attached hydrogen (secondary N) is 2. The van der Waals surface area contributed by atoms with Gasteiger partial charge in [0.15, 0.2) is 0 Å². The van der Waals surface area contributed by atoms with Crippen LogP contribution in [0.5, 0.6) is 0 Å². The van der Waals surface area contributed by atoms with Crippen molar-refractivity contribution >= 4 is 11.9 Å². The maximum Gasteiger partial charge on any atom is 0.317 e. The minimum absolute atomic E-state index is 0.0214. The Bertz CT molecular complexity index is 283. The maximum atomic E-state index is 11.6. The highest BCUT2D eigenvalue weighted by molar-refractivity contribution is 5.75. The van der Waals surface area contributed by atoms with Crippen LogP contribution in [0.4, 0.5) is 0 Å². The summed E-state index contributed by atoms with van der Waals surface area (Å²) in [4.78, 5) is 21.8. The largest absolute Gasteiger partial charge is 0.480 e. The molecule has 0 aliphatic heterocycles. The van der Waals surface area contributed by atoms with Gasteiger partial charge in [-0.15, -0.1) is 0 Å². The predicted octanol–water partition coefficient (Wildman–Crippen LogP) is 3.09. The second-order valence-electron chi connectivity index (χ2n) is 5.85. The average molecular weight is 314 g/mol. The van der Waals surface area contributed by atoms with Crippen molar-refractivity contribution in [3.05, 3.63) is 0 Å². The van der Waals surface area contributed by atoms with Crippen LogP contribution >= 0.6 is 0 Å². The van der Waals surface area contributed by atoms with E-state index < -0.39 is 5.97 Å². The van der Waals surface area contributed by atoms with Gasteiger partial charge in [0.25, 0.3) is 0 Å². The van der Waals surface area contributed by atoms with Gasteiger partial charge >= 0.3 is 5.97 Å². The molecule has 5 heteroatoms. The predicted molar refractivity (Wildman–Crippen MR) is 90.0 cm³/mol. The molecular formula is C17H34N2O3. The average Bonchev–Trinajstić information content (AvgIpc) is 2.48. The first-order chi connectivity index (χ1) is 10.7. The second kappa shape index (κ2) is 16.3. The first kappa shape index (κ1) is 20.9. The Morgan fingerprint density at radius 3 is 2.00 bits per heavy atom. The number of carboxylic acid groups (broad SMARTS) is 1. The number of unbranched alkanes of at least 4 members (excludes halogenated alkanes) is 8. The van der Waals surface area contributed by atoms with E-state index in [1.54, 1.807) is 0 Å². The molecule has 0 spiro atoms. The summed E-state index contributed by atoms with van der Waals surface area (Å²) in [6.07, 6.45) is 12.7. The molecule has 0 aliphatic carbocycles. The van der Waals surface area contributed by atoms with Crippen LogP contribution in [-0.2, 0) is 9.59 Å². The quantitative estimate of drug-likeness (QED) is 0.383. The third-order valence-corrected chi connectivity index (χ3v) is 3.64. The van der Waals surface area contributed by atoms with Crippen LogP contribution in [0.2, 0.25) is 0 Å². The van der Waals surface area contributed by atoms with Crippen LogP contribution in [0.15, 0.2) is 0 Å². The molecule has 0 aromatic heterocycles. The smallest absolute Gasteiger partial charge is 0.317 e. The van der Waals surface area contributed by atoms with Gasteiger partial charge in [0.1, 0.15) is 0 Å². The van der Waals surface area contributed by atoms with Crippen LogP contribution in [0.3, 0.4) is 0 Å². The zero-order chi connectivity index (χ0) is 16.5. The Morgan fingerprint density at radius 1 is 0.818 bits per heavy atom. The number of carboxylic acids is 1. The summed E-state index contributed by atoms with van der Waals surface area (Å²) in [5.41, 5.74) is 0. The van der Waals surface area contributed by atoms with E-state index in [4.69, 9.17) is 5.11 Å². The van der Waals surface area contributed by atoms with Crippen molar-refractivity contribution in [2.24, 2.45) is 0 Å². The SMILES string of the molecule is CCCCCCCCCCCC(=O)NCCCNCC(=O)O. The molecule has 130 valence electrons. The van der Waals surface area contributed by atoms with Crippen molar-refractivity contribution in [2.45, 2.75) is 77.6 Å². The van der Waals surface area contributed by atoms with E-state index in [2.05, 4.69) is 17.6 Å². The summed E-state index contributed by atoms with van der Waals surface area (Å²) >= 11 is 0. The molecule has 5 nitrogen and oxygen atoms in total. The van der Waals surface area contributed by atoms with Crippen LogP contribution < -0.4 is 10.6 Å².